The van der Waals surface area contributed by atoms with Gasteiger partial charge in [-0.2, -0.15) is 5.10 Å². The quantitative estimate of drug-likeness (QED) is 0.647. The molecule has 1 fully saturated rings. The average Bonchev–Trinajstić information content (AvgIpc) is 3.07. The van der Waals surface area contributed by atoms with Gasteiger partial charge in [0.2, 0.25) is 5.91 Å². The fourth-order valence-electron chi connectivity index (χ4n) is 4.52. The molecule has 0 unspecified atom stereocenters. The van der Waals surface area contributed by atoms with Crippen LogP contribution in [0.3, 0.4) is 0 Å². The molecular weight excluding hydrogens is 428 g/mol. The highest BCUT2D eigenvalue weighted by Crippen LogP contribution is 2.39. The van der Waals surface area contributed by atoms with Crippen molar-refractivity contribution >= 4 is 40.5 Å². The van der Waals surface area contributed by atoms with Crippen LogP contribution in [0.2, 0.25) is 5.02 Å². The van der Waals surface area contributed by atoms with Crippen LogP contribution in [0.25, 0.3) is 0 Å². The number of amides is 1. The van der Waals surface area contributed by atoms with Crippen LogP contribution in [0.15, 0.2) is 42.7 Å². The van der Waals surface area contributed by atoms with Crippen LogP contribution in [0, 0.1) is 5.92 Å². The normalized spacial score (nSPS) is 16.1. The number of hydrogen-bond donors (Lipinski definition) is 1. The molecule has 32 heavy (non-hydrogen) atoms. The summed E-state index contributed by atoms with van der Waals surface area (Å²) in [6, 6.07) is 9.37. The number of anilines is 4. The molecule has 0 aliphatic carbocycles. The number of rotatable bonds is 3. The number of aryl methyl sites for hydroxylation is 1. The Balaban J connectivity index is 1.39. The first-order chi connectivity index (χ1) is 15.5. The molecule has 0 saturated carbocycles. The van der Waals surface area contributed by atoms with Crippen LogP contribution in [0.1, 0.15) is 18.4 Å². The summed E-state index contributed by atoms with van der Waals surface area (Å²) in [5.74, 6) is 2.52. The van der Waals surface area contributed by atoms with Gasteiger partial charge < -0.3 is 19.9 Å². The Hall–Kier alpha value is -3.26. The Kier molecular flexibility index (Phi) is 5.38. The van der Waals surface area contributed by atoms with Crippen LogP contribution >= 0.6 is 11.6 Å². The Bertz CT molecular complexity index is 1160. The molecule has 166 valence electrons. The Morgan fingerprint density at radius 1 is 1.25 bits per heavy atom. The van der Waals surface area contributed by atoms with Gasteiger partial charge in [-0.25, -0.2) is 4.98 Å². The van der Waals surface area contributed by atoms with E-state index >= 15 is 0 Å². The number of halogens is 1. The number of aromatic nitrogens is 3. The van der Waals surface area contributed by atoms with Crippen molar-refractivity contribution < 1.29 is 9.53 Å². The zero-order valence-corrected chi connectivity index (χ0v) is 18.8. The molecule has 5 rings (SSSR count). The summed E-state index contributed by atoms with van der Waals surface area (Å²) in [7, 11) is 3.54. The smallest absolute Gasteiger partial charge is 0.230 e. The van der Waals surface area contributed by atoms with Crippen molar-refractivity contribution in [1.82, 2.24) is 14.8 Å². The first-order valence-corrected chi connectivity index (χ1v) is 11.1. The standard InChI is InChI=1S/C23H25ClN6O2/c1-28-21-16(13-26-28)14-30(19-6-5-17(24)12-18(19)27-21)23(31)15-7-10-29(11-8-15)22-20(32-2)4-3-9-25-22/h3-6,9,12-13,15,27H,7-8,10-11,14H2,1-2H3. The lowest BCUT2D eigenvalue weighted by atomic mass is 9.94. The molecule has 2 aromatic heterocycles. The summed E-state index contributed by atoms with van der Waals surface area (Å²) in [6.07, 6.45) is 5.09. The zero-order chi connectivity index (χ0) is 22.2. The molecular formula is C23H25ClN6O2. The predicted octanol–water partition coefficient (Wildman–Crippen LogP) is 3.98. The van der Waals surface area contributed by atoms with E-state index in [-0.39, 0.29) is 11.8 Å². The number of hydrogen-bond acceptors (Lipinski definition) is 6. The van der Waals surface area contributed by atoms with Crippen molar-refractivity contribution in [1.29, 1.82) is 0 Å². The summed E-state index contributed by atoms with van der Waals surface area (Å²) in [4.78, 5) is 22.3. The third kappa shape index (κ3) is 3.64. The molecule has 1 aromatic carbocycles. The maximum atomic E-state index is 13.7. The van der Waals surface area contributed by atoms with Crippen molar-refractivity contribution in [2.45, 2.75) is 19.4 Å². The number of piperidine rings is 1. The number of methoxy groups -OCH3 is 1. The first kappa shape index (κ1) is 20.6. The SMILES string of the molecule is COc1cccnc1N1CCC(C(=O)N2Cc3cnn(C)c3Nc3cc(Cl)ccc32)CC1. The number of benzene rings is 1. The highest BCUT2D eigenvalue weighted by molar-refractivity contribution is 6.31. The van der Waals surface area contributed by atoms with Gasteiger partial charge in [-0.3, -0.25) is 9.48 Å². The molecule has 9 heteroatoms. The van der Waals surface area contributed by atoms with Crippen LogP contribution in [-0.4, -0.2) is 40.9 Å². The van der Waals surface area contributed by atoms with Gasteiger partial charge in [0.05, 0.1) is 31.2 Å². The minimum atomic E-state index is -0.0669. The highest BCUT2D eigenvalue weighted by Gasteiger charge is 2.33. The van der Waals surface area contributed by atoms with E-state index in [1.54, 1.807) is 18.0 Å². The molecule has 0 bridgehead atoms. The summed E-state index contributed by atoms with van der Waals surface area (Å²) in [5.41, 5.74) is 2.62. The number of nitrogens with zero attached hydrogens (tertiary/aromatic N) is 5. The fraction of sp³-hybridized carbons (Fsp3) is 0.348. The predicted molar refractivity (Wildman–Crippen MR) is 125 cm³/mol. The molecule has 2 aliphatic rings. The maximum Gasteiger partial charge on any atom is 0.230 e. The van der Waals surface area contributed by atoms with Gasteiger partial charge in [0, 0.05) is 42.8 Å². The number of pyridine rings is 1. The second kappa shape index (κ2) is 8.35. The Morgan fingerprint density at radius 2 is 2.06 bits per heavy atom. The molecule has 0 spiro atoms. The largest absolute Gasteiger partial charge is 0.493 e. The van der Waals surface area contributed by atoms with Crippen molar-refractivity contribution in [2.75, 3.05) is 35.3 Å². The van der Waals surface area contributed by atoms with E-state index in [1.807, 2.05) is 48.5 Å². The molecule has 0 radical (unpaired) electrons. The van der Waals surface area contributed by atoms with Gasteiger partial charge in [0.1, 0.15) is 5.82 Å². The van der Waals surface area contributed by atoms with E-state index in [2.05, 4.69) is 20.3 Å². The number of nitrogens with one attached hydrogen (secondary N) is 1. The van der Waals surface area contributed by atoms with Crippen LogP contribution in [0.4, 0.5) is 23.0 Å². The Labute approximate surface area is 191 Å². The third-order valence-corrected chi connectivity index (χ3v) is 6.46. The van der Waals surface area contributed by atoms with E-state index in [4.69, 9.17) is 16.3 Å². The topological polar surface area (TPSA) is 75.5 Å². The van der Waals surface area contributed by atoms with E-state index < -0.39 is 0 Å². The van der Waals surface area contributed by atoms with Gasteiger partial charge in [0.15, 0.2) is 11.6 Å². The van der Waals surface area contributed by atoms with E-state index in [0.717, 1.165) is 60.3 Å². The lowest BCUT2D eigenvalue weighted by Crippen LogP contribution is -2.42. The van der Waals surface area contributed by atoms with Crippen molar-refractivity contribution in [3.05, 3.63) is 53.3 Å². The third-order valence-electron chi connectivity index (χ3n) is 6.23. The van der Waals surface area contributed by atoms with Gasteiger partial charge >= 0.3 is 0 Å². The zero-order valence-electron chi connectivity index (χ0n) is 18.1. The van der Waals surface area contributed by atoms with Gasteiger partial charge in [-0.15, -0.1) is 0 Å². The molecule has 2 aliphatic heterocycles. The summed E-state index contributed by atoms with van der Waals surface area (Å²) >= 11 is 6.26. The Morgan fingerprint density at radius 3 is 2.84 bits per heavy atom. The monoisotopic (exact) mass is 452 g/mol. The number of ether oxygens (including phenoxy) is 1. The maximum absolute atomic E-state index is 13.7. The average molecular weight is 453 g/mol. The second-order valence-electron chi connectivity index (χ2n) is 8.14. The minimum absolute atomic E-state index is 0.0669. The van der Waals surface area contributed by atoms with E-state index in [1.165, 1.54) is 0 Å². The molecule has 0 atom stereocenters. The lowest BCUT2D eigenvalue weighted by molar-refractivity contribution is -0.123. The van der Waals surface area contributed by atoms with Crippen LogP contribution in [0.5, 0.6) is 5.75 Å². The fourth-order valence-corrected chi connectivity index (χ4v) is 4.69. The van der Waals surface area contributed by atoms with Gasteiger partial charge in [-0.05, 0) is 43.2 Å². The molecule has 1 N–H and O–H groups in total. The number of carbonyl (C=O) groups is 1. The van der Waals surface area contributed by atoms with E-state index in [0.29, 0.717) is 11.6 Å². The van der Waals surface area contributed by atoms with Crippen molar-refractivity contribution in [3.8, 4) is 5.75 Å². The van der Waals surface area contributed by atoms with Crippen molar-refractivity contribution in [2.24, 2.45) is 13.0 Å². The lowest BCUT2D eigenvalue weighted by Gasteiger charge is -2.35. The number of fused-ring (bicyclic) bond motifs is 2. The molecule has 3 aromatic rings. The minimum Gasteiger partial charge on any atom is -0.493 e. The highest BCUT2D eigenvalue weighted by atomic mass is 35.5. The molecule has 4 heterocycles. The summed E-state index contributed by atoms with van der Waals surface area (Å²) in [6.45, 7) is 1.97. The molecule has 1 amide bonds. The van der Waals surface area contributed by atoms with Crippen molar-refractivity contribution in [3.63, 3.8) is 0 Å². The summed E-state index contributed by atoms with van der Waals surface area (Å²) < 4.78 is 7.25. The van der Waals surface area contributed by atoms with Gasteiger partial charge in [0.25, 0.3) is 0 Å². The second-order valence-corrected chi connectivity index (χ2v) is 8.58. The molecule has 1 saturated heterocycles. The van der Waals surface area contributed by atoms with Crippen LogP contribution in [-0.2, 0) is 18.4 Å². The first-order valence-electron chi connectivity index (χ1n) is 10.7. The summed E-state index contributed by atoms with van der Waals surface area (Å²) in [5, 5.41) is 8.39. The van der Waals surface area contributed by atoms with Crippen LogP contribution < -0.4 is 19.9 Å². The molecule has 8 nitrogen and oxygen atoms in total. The number of carbonyl (C=O) groups excluding carboxylic acids is 1. The van der Waals surface area contributed by atoms with E-state index in [9.17, 15) is 4.79 Å². The van der Waals surface area contributed by atoms with Gasteiger partial charge in [-0.1, -0.05) is 11.6 Å².